The van der Waals surface area contributed by atoms with E-state index in [0.29, 0.717) is 23.6 Å². The first kappa shape index (κ1) is 16.9. The lowest BCUT2D eigenvalue weighted by Crippen LogP contribution is -2.29. The van der Waals surface area contributed by atoms with E-state index in [2.05, 4.69) is 15.1 Å². The Morgan fingerprint density at radius 3 is 2.88 bits per heavy atom. The summed E-state index contributed by atoms with van der Waals surface area (Å²) in [7, 11) is 1.70. The fraction of sp³-hybridized carbons (Fsp3) is 0.235. The molecule has 0 aliphatic heterocycles. The minimum atomic E-state index is -0.0394. The Kier molecular flexibility index (Phi) is 5.26. The molecule has 0 fully saturated rings. The maximum atomic E-state index is 12.1. The lowest BCUT2D eigenvalue weighted by molar-refractivity contribution is -0.127. The van der Waals surface area contributed by atoms with E-state index < -0.39 is 0 Å². The third-order valence-corrected chi connectivity index (χ3v) is 4.64. The van der Waals surface area contributed by atoms with Crippen LogP contribution in [-0.4, -0.2) is 49.9 Å². The number of para-hydroxylation sites is 1. The predicted molar refractivity (Wildman–Crippen MR) is 95.3 cm³/mol. The lowest BCUT2D eigenvalue weighted by Gasteiger charge is -2.14. The van der Waals surface area contributed by atoms with Crippen molar-refractivity contribution in [3.63, 3.8) is 0 Å². The van der Waals surface area contributed by atoms with Gasteiger partial charge in [-0.2, -0.15) is 10.4 Å². The van der Waals surface area contributed by atoms with Crippen LogP contribution in [0.3, 0.4) is 0 Å². The van der Waals surface area contributed by atoms with Crippen LogP contribution in [0.25, 0.3) is 16.7 Å². The van der Waals surface area contributed by atoms with Crippen LogP contribution in [0, 0.1) is 11.3 Å². The van der Waals surface area contributed by atoms with Crippen molar-refractivity contribution in [3.8, 4) is 11.8 Å². The minimum absolute atomic E-state index is 0.0394. The molecule has 0 saturated heterocycles. The molecule has 1 aromatic carbocycles. The molecule has 1 amide bonds. The fourth-order valence-electron chi connectivity index (χ4n) is 2.28. The Hall–Kier alpha value is -2.92. The molecule has 0 spiro atoms. The highest BCUT2D eigenvalue weighted by atomic mass is 32.2. The number of amides is 1. The zero-order valence-electron chi connectivity index (χ0n) is 13.7. The number of thioether (sulfide) groups is 1. The first-order valence-corrected chi connectivity index (χ1v) is 8.67. The molecule has 2 aromatic heterocycles. The van der Waals surface area contributed by atoms with Gasteiger partial charge in [0.1, 0.15) is 11.4 Å². The van der Waals surface area contributed by atoms with Gasteiger partial charge >= 0.3 is 0 Å². The summed E-state index contributed by atoms with van der Waals surface area (Å²) in [4.78, 5) is 22.3. The maximum Gasteiger partial charge on any atom is 0.232 e. The van der Waals surface area contributed by atoms with E-state index in [1.54, 1.807) is 22.8 Å². The van der Waals surface area contributed by atoms with Gasteiger partial charge in [0.15, 0.2) is 5.65 Å². The van der Waals surface area contributed by atoms with E-state index in [1.807, 2.05) is 36.4 Å². The van der Waals surface area contributed by atoms with Gasteiger partial charge in [0.05, 0.1) is 35.5 Å². The molecular weight excluding hydrogens is 336 g/mol. The van der Waals surface area contributed by atoms with Crippen molar-refractivity contribution in [1.82, 2.24) is 24.6 Å². The third-order valence-electron chi connectivity index (χ3n) is 3.65. The number of carbonyl (C=O) groups is 1. The number of carbonyl (C=O) groups excluding carboxylic acids is 1. The van der Waals surface area contributed by atoms with Crippen LogP contribution in [0.4, 0.5) is 0 Å². The number of benzene rings is 1. The molecule has 0 unspecified atom stereocenters. The molecule has 3 rings (SSSR count). The predicted octanol–water partition coefficient (Wildman–Crippen LogP) is 2.28. The molecule has 0 N–H and O–H groups in total. The average molecular weight is 352 g/mol. The van der Waals surface area contributed by atoms with Crippen LogP contribution in [0.1, 0.15) is 6.42 Å². The van der Waals surface area contributed by atoms with Crippen LogP contribution in [0.15, 0.2) is 47.9 Å². The van der Waals surface area contributed by atoms with Crippen LogP contribution in [0.2, 0.25) is 0 Å². The van der Waals surface area contributed by atoms with Gasteiger partial charge in [0.25, 0.3) is 0 Å². The van der Waals surface area contributed by atoms with Gasteiger partial charge in [-0.05, 0) is 12.1 Å². The minimum Gasteiger partial charge on any atom is -0.344 e. The first-order valence-electron chi connectivity index (χ1n) is 7.68. The zero-order chi connectivity index (χ0) is 17.6. The SMILES string of the molecule is CN(CCC#N)C(=O)CSc1ncnc2c1cnn2-c1ccccc1. The largest absolute Gasteiger partial charge is 0.344 e. The number of hydrogen-bond donors (Lipinski definition) is 0. The Labute approximate surface area is 149 Å². The monoisotopic (exact) mass is 352 g/mol. The van der Waals surface area contributed by atoms with Crippen LogP contribution < -0.4 is 0 Å². The summed E-state index contributed by atoms with van der Waals surface area (Å²) in [5.74, 6) is 0.215. The normalized spacial score (nSPS) is 10.6. The van der Waals surface area contributed by atoms with E-state index in [9.17, 15) is 4.79 Å². The van der Waals surface area contributed by atoms with Crippen LogP contribution in [0.5, 0.6) is 0 Å². The first-order chi connectivity index (χ1) is 12.2. The van der Waals surface area contributed by atoms with Gasteiger partial charge in [-0.3, -0.25) is 4.79 Å². The summed E-state index contributed by atoms with van der Waals surface area (Å²) in [5, 5.41) is 14.5. The van der Waals surface area contributed by atoms with Gasteiger partial charge < -0.3 is 4.90 Å². The van der Waals surface area contributed by atoms with Crippen molar-refractivity contribution in [2.45, 2.75) is 11.4 Å². The highest BCUT2D eigenvalue weighted by Gasteiger charge is 2.14. The fourth-order valence-corrected chi connectivity index (χ4v) is 3.18. The van der Waals surface area contributed by atoms with Crippen LogP contribution in [-0.2, 0) is 4.79 Å². The number of nitriles is 1. The second-order valence-corrected chi connectivity index (χ2v) is 6.28. The second-order valence-electron chi connectivity index (χ2n) is 5.32. The molecule has 0 saturated carbocycles. The van der Waals surface area contributed by atoms with E-state index in [1.165, 1.54) is 18.1 Å². The van der Waals surface area contributed by atoms with Crippen molar-refractivity contribution in [1.29, 1.82) is 5.26 Å². The molecular formula is C17H16N6OS. The van der Waals surface area contributed by atoms with E-state index in [-0.39, 0.29) is 11.7 Å². The van der Waals surface area contributed by atoms with Crippen LogP contribution >= 0.6 is 11.8 Å². The van der Waals surface area contributed by atoms with E-state index >= 15 is 0 Å². The number of nitrogens with zero attached hydrogens (tertiary/aromatic N) is 6. The molecule has 0 atom stereocenters. The van der Waals surface area contributed by atoms with E-state index in [4.69, 9.17) is 5.26 Å². The molecule has 7 nitrogen and oxygen atoms in total. The molecule has 0 aliphatic carbocycles. The second kappa shape index (κ2) is 7.77. The molecule has 126 valence electrons. The summed E-state index contributed by atoms with van der Waals surface area (Å²) in [6.45, 7) is 0.432. The standard InChI is InChI=1S/C17H16N6OS/c1-22(9-5-8-18)15(24)11-25-17-14-10-21-23(16(14)19-12-20-17)13-6-3-2-4-7-13/h2-4,6-7,10,12H,5,9,11H2,1H3. The summed E-state index contributed by atoms with van der Waals surface area (Å²) < 4.78 is 1.75. The quantitative estimate of drug-likeness (QED) is 0.499. The van der Waals surface area contributed by atoms with Gasteiger partial charge in [-0.25, -0.2) is 14.6 Å². The van der Waals surface area contributed by atoms with Gasteiger partial charge in [-0.1, -0.05) is 30.0 Å². The maximum absolute atomic E-state index is 12.1. The zero-order valence-corrected chi connectivity index (χ0v) is 14.5. The number of rotatable bonds is 6. The summed E-state index contributed by atoms with van der Waals surface area (Å²) in [6, 6.07) is 11.8. The molecule has 3 aromatic rings. The Bertz CT molecular complexity index is 918. The molecule has 25 heavy (non-hydrogen) atoms. The van der Waals surface area contributed by atoms with Gasteiger partial charge in [0, 0.05) is 13.6 Å². The van der Waals surface area contributed by atoms with Crippen molar-refractivity contribution in [3.05, 3.63) is 42.9 Å². The van der Waals surface area contributed by atoms with Crippen molar-refractivity contribution >= 4 is 28.7 Å². The number of hydrogen-bond acceptors (Lipinski definition) is 6. The molecule has 2 heterocycles. The molecule has 0 radical (unpaired) electrons. The highest BCUT2D eigenvalue weighted by Crippen LogP contribution is 2.25. The van der Waals surface area contributed by atoms with E-state index in [0.717, 1.165) is 11.1 Å². The Morgan fingerprint density at radius 1 is 1.32 bits per heavy atom. The van der Waals surface area contributed by atoms with Crippen molar-refractivity contribution in [2.24, 2.45) is 0 Å². The summed E-state index contributed by atoms with van der Waals surface area (Å²) >= 11 is 1.35. The molecule has 0 aliphatic rings. The van der Waals surface area contributed by atoms with Gasteiger partial charge in [-0.15, -0.1) is 0 Å². The topological polar surface area (TPSA) is 87.7 Å². The summed E-state index contributed by atoms with van der Waals surface area (Å²) in [5.41, 5.74) is 1.62. The lowest BCUT2D eigenvalue weighted by atomic mass is 10.3. The number of aromatic nitrogens is 4. The Balaban J connectivity index is 1.78. The van der Waals surface area contributed by atoms with Gasteiger partial charge in [0.2, 0.25) is 5.91 Å². The Morgan fingerprint density at radius 2 is 2.12 bits per heavy atom. The van der Waals surface area contributed by atoms with Crippen molar-refractivity contribution in [2.75, 3.05) is 19.3 Å². The smallest absolute Gasteiger partial charge is 0.232 e. The summed E-state index contributed by atoms with van der Waals surface area (Å²) in [6.07, 6.45) is 3.53. The number of fused-ring (bicyclic) bond motifs is 1. The average Bonchev–Trinajstić information content (AvgIpc) is 3.09. The third kappa shape index (κ3) is 3.78. The van der Waals surface area contributed by atoms with Crippen molar-refractivity contribution < 1.29 is 4.79 Å². The molecule has 0 bridgehead atoms. The molecule has 8 heteroatoms. The highest BCUT2D eigenvalue weighted by molar-refractivity contribution is 8.00.